The standard InChI is InChI=1S/C22H17N3O/c26-22(18-11-5-2-6-12-18)19(15-17-9-3-1-4-10-17)16-25-21-14-8-7-13-20(21)23-24-25/h1-15H,16H2/b19-15-. The Labute approximate surface area is 151 Å². The average Bonchev–Trinajstić information content (AvgIpc) is 3.11. The minimum absolute atomic E-state index is 0.00552. The van der Waals surface area contributed by atoms with Crippen molar-refractivity contribution in [2.75, 3.05) is 0 Å². The quantitative estimate of drug-likeness (QED) is 0.400. The first kappa shape index (κ1) is 16.0. The van der Waals surface area contributed by atoms with Gasteiger partial charge in [0.1, 0.15) is 5.52 Å². The van der Waals surface area contributed by atoms with Crippen LogP contribution in [0.25, 0.3) is 17.1 Å². The van der Waals surface area contributed by atoms with Gasteiger partial charge in [0.05, 0.1) is 12.1 Å². The first-order valence-electron chi connectivity index (χ1n) is 8.45. The molecule has 0 bridgehead atoms. The molecule has 0 aliphatic rings. The third kappa shape index (κ3) is 3.30. The molecule has 4 nitrogen and oxygen atoms in total. The maximum Gasteiger partial charge on any atom is 0.190 e. The van der Waals surface area contributed by atoms with Gasteiger partial charge >= 0.3 is 0 Å². The molecule has 0 atom stereocenters. The van der Waals surface area contributed by atoms with E-state index in [1.54, 1.807) is 4.68 Å². The summed E-state index contributed by atoms with van der Waals surface area (Å²) < 4.78 is 1.77. The van der Waals surface area contributed by atoms with E-state index in [0.29, 0.717) is 17.7 Å². The number of para-hydroxylation sites is 1. The highest BCUT2D eigenvalue weighted by Crippen LogP contribution is 2.17. The van der Waals surface area contributed by atoms with Gasteiger partial charge in [0.15, 0.2) is 5.78 Å². The highest BCUT2D eigenvalue weighted by Gasteiger charge is 2.15. The van der Waals surface area contributed by atoms with Crippen molar-refractivity contribution in [3.63, 3.8) is 0 Å². The first-order chi connectivity index (χ1) is 12.8. The summed E-state index contributed by atoms with van der Waals surface area (Å²) in [7, 11) is 0. The molecule has 0 saturated carbocycles. The lowest BCUT2D eigenvalue weighted by molar-refractivity contribution is 0.103. The van der Waals surface area contributed by atoms with Crippen LogP contribution in [-0.4, -0.2) is 20.8 Å². The van der Waals surface area contributed by atoms with Crippen LogP contribution in [0, 0.1) is 0 Å². The maximum atomic E-state index is 13.1. The molecule has 4 rings (SSSR count). The molecule has 4 heteroatoms. The predicted molar refractivity (Wildman–Crippen MR) is 103 cm³/mol. The third-order valence-corrected chi connectivity index (χ3v) is 4.21. The summed E-state index contributed by atoms with van der Waals surface area (Å²) >= 11 is 0. The summed E-state index contributed by atoms with van der Waals surface area (Å²) in [6, 6.07) is 26.9. The maximum absolute atomic E-state index is 13.1. The normalized spacial score (nSPS) is 11.6. The smallest absolute Gasteiger partial charge is 0.190 e. The molecule has 0 saturated heterocycles. The number of hydrogen-bond donors (Lipinski definition) is 0. The highest BCUT2D eigenvalue weighted by atomic mass is 16.1. The van der Waals surface area contributed by atoms with Gasteiger partial charge in [-0.3, -0.25) is 4.79 Å². The minimum Gasteiger partial charge on any atom is -0.289 e. The summed E-state index contributed by atoms with van der Waals surface area (Å²) in [6.45, 7) is 0.364. The fraction of sp³-hybridized carbons (Fsp3) is 0.0455. The van der Waals surface area contributed by atoms with Gasteiger partial charge in [-0.05, 0) is 23.8 Å². The summed E-state index contributed by atoms with van der Waals surface area (Å²) in [4.78, 5) is 13.1. The summed E-state index contributed by atoms with van der Waals surface area (Å²) in [5, 5.41) is 8.41. The van der Waals surface area contributed by atoms with Crippen molar-refractivity contribution in [2.24, 2.45) is 0 Å². The lowest BCUT2D eigenvalue weighted by Crippen LogP contribution is -2.12. The van der Waals surface area contributed by atoms with Crippen LogP contribution in [0.4, 0.5) is 0 Å². The highest BCUT2D eigenvalue weighted by molar-refractivity contribution is 6.11. The van der Waals surface area contributed by atoms with E-state index in [4.69, 9.17) is 0 Å². The zero-order chi connectivity index (χ0) is 17.8. The number of Topliss-reactive ketones (excluding diaryl/α,β-unsaturated/α-hetero) is 1. The number of carbonyl (C=O) groups is 1. The van der Waals surface area contributed by atoms with Crippen LogP contribution in [-0.2, 0) is 6.54 Å². The summed E-state index contributed by atoms with van der Waals surface area (Å²) in [6.07, 6.45) is 1.92. The van der Waals surface area contributed by atoms with Crippen molar-refractivity contribution in [3.05, 3.63) is 102 Å². The SMILES string of the molecule is O=C(/C(=C\c1ccccc1)Cn1nnc2ccccc21)c1ccccc1. The number of benzene rings is 3. The van der Waals surface area contributed by atoms with E-state index in [1.165, 1.54) is 0 Å². The second-order valence-electron chi connectivity index (χ2n) is 6.01. The Morgan fingerprint density at radius 1 is 0.846 bits per heavy atom. The van der Waals surface area contributed by atoms with Gasteiger partial charge in [0.2, 0.25) is 0 Å². The Bertz CT molecular complexity index is 1070. The van der Waals surface area contributed by atoms with Gasteiger partial charge in [0, 0.05) is 11.1 Å². The Morgan fingerprint density at radius 2 is 1.50 bits per heavy atom. The van der Waals surface area contributed by atoms with Crippen molar-refractivity contribution in [1.29, 1.82) is 0 Å². The van der Waals surface area contributed by atoms with Crippen LogP contribution in [0.3, 0.4) is 0 Å². The van der Waals surface area contributed by atoms with Crippen molar-refractivity contribution < 1.29 is 4.79 Å². The van der Waals surface area contributed by atoms with Crippen molar-refractivity contribution in [2.45, 2.75) is 6.54 Å². The predicted octanol–water partition coefficient (Wildman–Crippen LogP) is 4.40. The molecule has 126 valence electrons. The number of rotatable bonds is 5. The van der Waals surface area contributed by atoms with Gasteiger partial charge in [0.25, 0.3) is 0 Å². The Kier molecular flexibility index (Phi) is 4.39. The third-order valence-electron chi connectivity index (χ3n) is 4.21. The number of ketones is 1. The van der Waals surface area contributed by atoms with E-state index in [0.717, 1.165) is 16.6 Å². The van der Waals surface area contributed by atoms with Gasteiger partial charge in [-0.15, -0.1) is 5.10 Å². The van der Waals surface area contributed by atoms with Crippen LogP contribution in [0.2, 0.25) is 0 Å². The molecule has 0 radical (unpaired) electrons. The Morgan fingerprint density at radius 3 is 2.27 bits per heavy atom. The van der Waals surface area contributed by atoms with E-state index < -0.39 is 0 Å². The molecule has 0 amide bonds. The van der Waals surface area contributed by atoms with Crippen LogP contribution in [0.1, 0.15) is 15.9 Å². The second-order valence-corrected chi connectivity index (χ2v) is 6.01. The molecule has 0 fully saturated rings. The average molecular weight is 339 g/mol. The Hall–Kier alpha value is -3.53. The van der Waals surface area contributed by atoms with Gasteiger partial charge in [-0.1, -0.05) is 78.0 Å². The fourth-order valence-electron chi connectivity index (χ4n) is 2.90. The molecule has 0 aliphatic carbocycles. The molecule has 0 N–H and O–H groups in total. The number of hydrogen-bond acceptors (Lipinski definition) is 3. The zero-order valence-corrected chi connectivity index (χ0v) is 14.1. The fourth-order valence-corrected chi connectivity index (χ4v) is 2.90. The summed E-state index contributed by atoms with van der Waals surface area (Å²) in [5.74, 6) is -0.00552. The van der Waals surface area contributed by atoms with Crippen LogP contribution >= 0.6 is 0 Å². The molecule has 26 heavy (non-hydrogen) atoms. The number of carbonyl (C=O) groups excluding carboxylic acids is 1. The lowest BCUT2D eigenvalue weighted by Gasteiger charge is -2.08. The van der Waals surface area contributed by atoms with E-state index in [9.17, 15) is 4.79 Å². The van der Waals surface area contributed by atoms with Crippen molar-refractivity contribution in [1.82, 2.24) is 15.0 Å². The number of fused-ring (bicyclic) bond motifs is 1. The minimum atomic E-state index is -0.00552. The molecule has 0 spiro atoms. The van der Waals surface area contributed by atoms with Crippen LogP contribution in [0.15, 0.2) is 90.5 Å². The van der Waals surface area contributed by atoms with Crippen LogP contribution in [0.5, 0.6) is 0 Å². The molecular formula is C22H17N3O. The number of nitrogens with zero attached hydrogens (tertiary/aromatic N) is 3. The monoisotopic (exact) mass is 339 g/mol. The van der Waals surface area contributed by atoms with Crippen LogP contribution < -0.4 is 0 Å². The molecule has 0 aliphatic heterocycles. The Balaban J connectivity index is 1.75. The lowest BCUT2D eigenvalue weighted by atomic mass is 10.0. The molecule has 1 aromatic heterocycles. The second kappa shape index (κ2) is 7.15. The number of aromatic nitrogens is 3. The van der Waals surface area contributed by atoms with E-state index in [2.05, 4.69) is 10.3 Å². The van der Waals surface area contributed by atoms with Gasteiger partial charge < -0.3 is 0 Å². The zero-order valence-electron chi connectivity index (χ0n) is 14.1. The van der Waals surface area contributed by atoms with E-state index in [-0.39, 0.29) is 5.78 Å². The number of allylic oxidation sites excluding steroid dienone is 1. The first-order valence-corrected chi connectivity index (χ1v) is 8.45. The molecule has 1 heterocycles. The topological polar surface area (TPSA) is 47.8 Å². The van der Waals surface area contributed by atoms with Gasteiger partial charge in [-0.2, -0.15) is 0 Å². The molecule has 3 aromatic carbocycles. The van der Waals surface area contributed by atoms with Crippen molar-refractivity contribution in [3.8, 4) is 0 Å². The molecule has 4 aromatic rings. The summed E-state index contributed by atoms with van der Waals surface area (Å²) in [5.41, 5.74) is 4.04. The van der Waals surface area contributed by atoms with Crippen molar-refractivity contribution >= 4 is 22.9 Å². The van der Waals surface area contributed by atoms with Gasteiger partial charge in [-0.25, -0.2) is 4.68 Å². The molecular weight excluding hydrogens is 322 g/mol. The van der Waals surface area contributed by atoms with E-state index >= 15 is 0 Å². The largest absolute Gasteiger partial charge is 0.289 e. The van der Waals surface area contributed by atoms with E-state index in [1.807, 2.05) is 91.0 Å². The molecule has 0 unspecified atom stereocenters.